The number of para-hydroxylation sites is 1. The fourth-order valence-electron chi connectivity index (χ4n) is 1.25. The molecule has 0 spiro atoms. The smallest absolute Gasteiger partial charge is 0.274 e. The van der Waals surface area contributed by atoms with E-state index in [0.717, 1.165) is 0 Å². The first-order valence-corrected chi connectivity index (χ1v) is 4.74. The van der Waals surface area contributed by atoms with Gasteiger partial charge in [0, 0.05) is 6.20 Å². The van der Waals surface area contributed by atoms with Crippen LogP contribution >= 0.6 is 0 Å². The fourth-order valence-corrected chi connectivity index (χ4v) is 1.25. The van der Waals surface area contributed by atoms with E-state index < -0.39 is 11.7 Å². The van der Waals surface area contributed by atoms with Crippen LogP contribution in [0.5, 0.6) is 0 Å². The molecule has 1 heterocycles. The molecule has 1 aromatic carbocycles. The summed E-state index contributed by atoms with van der Waals surface area (Å²) in [4.78, 5) is 15.5. The number of amides is 1. The molecule has 1 N–H and O–H groups in total. The molecule has 0 saturated heterocycles. The van der Waals surface area contributed by atoms with Gasteiger partial charge in [-0.05, 0) is 24.3 Å². The summed E-state index contributed by atoms with van der Waals surface area (Å²) in [6, 6.07) is 11.0. The Kier molecular flexibility index (Phi) is 2.91. The number of carbonyl (C=O) groups excluding carboxylic acids is 1. The van der Waals surface area contributed by atoms with Gasteiger partial charge in [-0.15, -0.1) is 0 Å². The zero-order valence-electron chi connectivity index (χ0n) is 8.35. The number of nitrogens with one attached hydrogen (secondary N) is 1. The Bertz CT molecular complexity index is 499. The maximum Gasteiger partial charge on any atom is 0.274 e. The van der Waals surface area contributed by atoms with Crippen molar-refractivity contribution in [2.24, 2.45) is 0 Å². The highest BCUT2D eigenvalue weighted by Crippen LogP contribution is 2.13. The molecule has 0 fully saturated rings. The van der Waals surface area contributed by atoms with E-state index in [0.29, 0.717) is 0 Å². The molecule has 0 bridgehead atoms. The molecule has 0 radical (unpaired) electrons. The molecule has 0 saturated carbocycles. The van der Waals surface area contributed by atoms with Gasteiger partial charge < -0.3 is 5.32 Å². The first-order valence-electron chi connectivity index (χ1n) is 4.74. The van der Waals surface area contributed by atoms with E-state index in [1.807, 2.05) is 0 Å². The van der Waals surface area contributed by atoms with Crippen molar-refractivity contribution < 1.29 is 9.18 Å². The van der Waals surface area contributed by atoms with Crippen molar-refractivity contribution >= 4 is 11.6 Å². The summed E-state index contributed by atoms with van der Waals surface area (Å²) < 4.78 is 13.2. The maximum absolute atomic E-state index is 13.2. The Hall–Kier alpha value is -2.23. The molecule has 1 amide bonds. The predicted octanol–water partition coefficient (Wildman–Crippen LogP) is 2.47. The molecule has 0 aliphatic heterocycles. The molecular formula is C12H9FN2O. The molecule has 2 rings (SSSR count). The van der Waals surface area contributed by atoms with Gasteiger partial charge in [0.25, 0.3) is 5.91 Å². The van der Waals surface area contributed by atoms with Crippen LogP contribution in [0.15, 0.2) is 48.7 Å². The summed E-state index contributed by atoms with van der Waals surface area (Å²) in [5.74, 6) is -0.891. The third kappa shape index (κ3) is 2.23. The summed E-state index contributed by atoms with van der Waals surface area (Å²) in [7, 11) is 0. The highest BCUT2D eigenvalue weighted by molar-refractivity contribution is 6.02. The van der Waals surface area contributed by atoms with Gasteiger partial charge in [-0.25, -0.2) is 4.39 Å². The lowest BCUT2D eigenvalue weighted by Crippen LogP contribution is -2.14. The van der Waals surface area contributed by atoms with Crippen molar-refractivity contribution in [1.29, 1.82) is 0 Å². The topological polar surface area (TPSA) is 42.0 Å². The van der Waals surface area contributed by atoms with Crippen LogP contribution in [-0.4, -0.2) is 10.9 Å². The van der Waals surface area contributed by atoms with Gasteiger partial charge in [0.05, 0.1) is 5.69 Å². The van der Waals surface area contributed by atoms with E-state index in [4.69, 9.17) is 0 Å². The number of aromatic nitrogens is 1. The molecule has 1 aromatic heterocycles. The molecule has 16 heavy (non-hydrogen) atoms. The summed E-state index contributed by atoms with van der Waals surface area (Å²) in [5.41, 5.74) is 0.406. The van der Waals surface area contributed by atoms with Crippen LogP contribution in [0.3, 0.4) is 0 Å². The average Bonchev–Trinajstić information content (AvgIpc) is 2.33. The second-order valence-corrected chi connectivity index (χ2v) is 3.15. The number of anilines is 1. The number of rotatable bonds is 2. The highest BCUT2D eigenvalue weighted by atomic mass is 19.1. The van der Waals surface area contributed by atoms with Crippen LogP contribution in [0.4, 0.5) is 10.1 Å². The summed E-state index contributed by atoms with van der Waals surface area (Å²) in [5, 5.41) is 2.45. The van der Waals surface area contributed by atoms with Crippen molar-refractivity contribution in [2.75, 3.05) is 5.32 Å². The normalized spacial score (nSPS) is 9.81. The minimum atomic E-state index is -0.466. The SMILES string of the molecule is O=C(Nc1ccccc1F)c1ccccn1. The quantitative estimate of drug-likeness (QED) is 0.837. The van der Waals surface area contributed by atoms with Crippen molar-refractivity contribution in [3.8, 4) is 0 Å². The van der Waals surface area contributed by atoms with E-state index in [1.165, 1.54) is 18.3 Å². The predicted molar refractivity (Wildman–Crippen MR) is 58.6 cm³/mol. The lowest BCUT2D eigenvalue weighted by Gasteiger charge is -2.04. The average molecular weight is 216 g/mol. The molecule has 80 valence electrons. The van der Waals surface area contributed by atoms with E-state index >= 15 is 0 Å². The molecular weight excluding hydrogens is 207 g/mol. The summed E-state index contributed by atoms with van der Waals surface area (Å²) in [6.45, 7) is 0. The third-order valence-electron chi connectivity index (χ3n) is 2.02. The molecule has 3 nitrogen and oxygen atoms in total. The second kappa shape index (κ2) is 4.53. The van der Waals surface area contributed by atoms with Crippen molar-refractivity contribution in [3.05, 3.63) is 60.2 Å². The first kappa shape index (κ1) is 10.3. The Morgan fingerprint density at radius 1 is 1.12 bits per heavy atom. The van der Waals surface area contributed by atoms with E-state index in [1.54, 1.807) is 30.3 Å². The fraction of sp³-hybridized carbons (Fsp3) is 0. The van der Waals surface area contributed by atoms with Crippen LogP contribution in [0.1, 0.15) is 10.5 Å². The number of hydrogen-bond donors (Lipinski definition) is 1. The zero-order valence-corrected chi connectivity index (χ0v) is 8.35. The molecule has 0 unspecified atom stereocenters. The van der Waals surface area contributed by atoms with Gasteiger partial charge in [-0.1, -0.05) is 18.2 Å². The van der Waals surface area contributed by atoms with Gasteiger partial charge >= 0.3 is 0 Å². The molecule has 0 aliphatic carbocycles. The zero-order chi connectivity index (χ0) is 11.4. The van der Waals surface area contributed by atoms with Crippen LogP contribution in [0.2, 0.25) is 0 Å². The van der Waals surface area contributed by atoms with Crippen LogP contribution < -0.4 is 5.32 Å². The minimum absolute atomic E-state index is 0.151. The Balaban J connectivity index is 2.18. The monoisotopic (exact) mass is 216 g/mol. The summed E-state index contributed by atoms with van der Waals surface area (Å²) >= 11 is 0. The summed E-state index contributed by atoms with van der Waals surface area (Å²) in [6.07, 6.45) is 1.51. The lowest BCUT2D eigenvalue weighted by atomic mass is 10.3. The number of nitrogens with zero attached hydrogens (tertiary/aromatic N) is 1. The Labute approximate surface area is 92.0 Å². The second-order valence-electron chi connectivity index (χ2n) is 3.15. The Morgan fingerprint density at radius 2 is 1.88 bits per heavy atom. The van der Waals surface area contributed by atoms with Gasteiger partial charge in [-0.3, -0.25) is 9.78 Å². The minimum Gasteiger partial charge on any atom is -0.318 e. The van der Waals surface area contributed by atoms with Crippen LogP contribution in [0, 0.1) is 5.82 Å². The highest BCUT2D eigenvalue weighted by Gasteiger charge is 2.08. The number of hydrogen-bond acceptors (Lipinski definition) is 2. The molecule has 0 atom stereocenters. The first-order chi connectivity index (χ1) is 7.77. The Morgan fingerprint density at radius 3 is 2.56 bits per heavy atom. The van der Waals surface area contributed by atoms with E-state index in [2.05, 4.69) is 10.3 Å². The van der Waals surface area contributed by atoms with Gasteiger partial charge in [0.15, 0.2) is 0 Å². The van der Waals surface area contributed by atoms with E-state index in [9.17, 15) is 9.18 Å². The molecule has 0 aliphatic rings. The third-order valence-corrected chi connectivity index (χ3v) is 2.02. The van der Waals surface area contributed by atoms with Gasteiger partial charge in [-0.2, -0.15) is 0 Å². The van der Waals surface area contributed by atoms with Gasteiger partial charge in [0.2, 0.25) is 0 Å². The lowest BCUT2D eigenvalue weighted by molar-refractivity contribution is 0.102. The number of benzene rings is 1. The largest absolute Gasteiger partial charge is 0.318 e. The van der Waals surface area contributed by atoms with E-state index in [-0.39, 0.29) is 11.4 Å². The molecule has 2 aromatic rings. The van der Waals surface area contributed by atoms with Gasteiger partial charge in [0.1, 0.15) is 11.5 Å². The number of carbonyl (C=O) groups is 1. The van der Waals surface area contributed by atoms with Crippen molar-refractivity contribution in [1.82, 2.24) is 4.98 Å². The number of halogens is 1. The number of pyridine rings is 1. The maximum atomic E-state index is 13.2. The van der Waals surface area contributed by atoms with Crippen LogP contribution in [-0.2, 0) is 0 Å². The molecule has 4 heteroatoms. The van der Waals surface area contributed by atoms with Crippen LogP contribution in [0.25, 0.3) is 0 Å². The van der Waals surface area contributed by atoms with Crippen molar-refractivity contribution in [3.63, 3.8) is 0 Å². The standard InChI is InChI=1S/C12H9FN2O/c13-9-5-1-2-6-10(9)15-12(16)11-7-3-4-8-14-11/h1-8H,(H,15,16). The van der Waals surface area contributed by atoms with Crippen molar-refractivity contribution in [2.45, 2.75) is 0 Å².